The van der Waals surface area contributed by atoms with Crippen LogP contribution in [0, 0.1) is 0 Å². The van der Waals surface area contributed by atoms with Crippen LogP contribution in [-0.2, 0) is 16.2 Å². The van der Waals surface area contributed by atoms with Crippen LogP contribution in [0.15, 0.2) is 78.4 Å². The zero-order valence-corrected chi connectivity index (χ0v) is 23.5. The second kappa shape index (κ2) is 12.9. The summed E-state index contributed by atoms with van der Waals surface area (Å²) in [5.41, 5.74) is 2.15. The lowest BCUT2D eigenvalue weighted by atomic mass is 9.95. The molecule has 41 heavy (non-hydrogen) atoms. The first-order chi connectivity index (χ1) is 20.0. The van der Waals surface area contributed by atoms with Crippen LogP contribution in [0.4, 0.5) is 0 Å². The Morgan fingerprint density at radius 1 is 0.951 bits per heavy atom. The van der Waals surface area contributed by atoms with E-state index in [9.17, 15) is 14.7 Å². The number of ether oxygens (including phenoxy) is 3. The Morgan fingerprint density at radius 3 is 2.46 bits per heavy atom. The number of nitrogens with zero attached hydrogens (tertiary/aromatic N) is 2. The predicted molar refractivity (Wildman–Crippen MR) is 156 cm³/mol. The topological polar surface area (TPSA) is 88.5 Å². The summed E-state index contributed by atoms with van der Waals surface area (Å²) in [6, 6.07) is 21.5. The zero-order valence-electron chi connectivity index (χ0n) is 23.5. The van der Waals surface area contributed by atoms with Crippen LogP contribution in [0.1, 0.15) is 43.0 Å². The van der Waals surface area contributed by atoms with Gasteiger partial charge in [-0.2, -0.15) is 0 Å². The third-order valence-corrected chi connectivity index (χ3v) is 7.55. The minimum Gasteiger partial charge on any atom is -0.507 e. The number of fused-ring (bicyclic) bond motifs is 1. The molecular weight excluding hydrogens is 520 g/mol. The van der Waals surface area contributed by atoms with Crippen molar-refractivity contribution in [3.05, 3.63) is 95.1 Å². The average molecular weight is 557 g/mol. The fourth-order valence-electron chi connectivity index (χ4n) is 5.32. The lowest BCUT2D eigenvalue weighted by Gasteiger charge is -2.27. The molecule has 0 saturated carbocycles. The number of carbonyl (C=O) groups is 2. The molecule has 0 spiro atoms. The smallest absolute Gasteiger partial charge is 0.295 e. The summed E-state index contributed by atoms with van der Waals surface area (Å²) >= 11 is 0. The van der Waals surface area contributed by atoms with Crippen molar-refractivity contribution in [2.75, 3.05) is 39.4 Å². The lowest BCUT2D eigenvalue weighted by Crippen LogP contribution is -2.33. The van der Waals surface area contributed by atoms with Crippen LogP contribution < -0.4 is 14.2 Å². The van der Waals surface area contributed by atoms with Crippen molar-refractivity contribution in [2.24, 2.45) is 0 Å². The normalized spacial score (nSPS) is 17.7. The molecule has 5 rings (SSSR count). The molecule has 1 N–H and O–H groups in total. The first kappa shape index (κ1) is 28.2. The molecule has 3 aromatic rings. The molecule has 2 aliphatic heterocycles. The van der Waals surface area contributed by atoms with Gasteiger partial charge < -0.3 is 29.1 Å². The van der Waals surface area contributed by atoms with Crippen molar-refractivity contribution < 1.29 is 28.9 Å². The molecule has 2 heterocycles. The van der Waals surface area contributed by atoms with E-state index in [0.29, 0.717) is 61.2 Å². The number of Topliss-reactive ketones (excluding diaryl/α,β-unsaturated/α-hetero) is 1. The second-order valence-electron chi connectivity index (χ2n) is 10.1. The maximum absolute atomic E-state index is 13.5. The fourth-order valence-corrected chi connectivity index (χ4v) is 5.32. The quantitative estimate of drug-likeness (QED) is 0.198. The predicted octanol–water partition coefficient (Wildman–Crippen LogP) is 5.19. The van der Waals surface area contributed by atoms with Gasteiger partial charge in [-0.05, 0) is 67.5 Å². The van der Waals surface area contributed by atoms with Gasteiger partial charge in [-0.3, -0.25) is 9.59 Å². The van der Waals surface area contributed by atoms with Gasteiger partial charge in [0.05, 0.1) is 11.6 Å². The van der Waals surface area contributed by atoms with Gasteiger partial charge in [-0.15, -0.1) is 0 Å². The van der Waals surface area contributed by atoms with E-state index in [1.807, 2.05) is 54.6 Å². The van der Waals surface area contributed by atoms with Crippen molar-refractivity contribution in [3.63, 3.8) is 0 Å². The molecular formula is C33H36N2O6. The van der Waals surface area contributed by atoms with E-state index in [4.69, 9.17) is 14.2 Å². The van der Waals surface area contributed by atoms with E-state index < -0.39 is 17.7 Å². The standard InChI is InChI=1S/C33H36N2O6/c1-3-34(4-2)16-9-17-35-30(24-12-8-13-26(20-24)41-22-23-10-6-5-7-11-23)29(32(37)33(35)38)31(36)25-14-15-27-28(21-25)40-19-18-39-27/h5-8,10-15,20-21,30,36H,3-4,9,16-19,22H2,1-2H3/b31-29+/t30-/m1/s1. The molecule has 3 aromatic carbocycles. The van der Waals surface area contributed by atoms with Crippen molar-refractivity contribution in [3.8, 4) is 17.2 Å². The summed E-state index contributed by atoms with van der Waals surface area (Å²) in [5.74, 6) is 0.0998. The number of aliphatic hydroxyl groups is 1. The monoisotopic (exact) mass is 556 g/mol. The minimum atomic E-state index is -0.764. The van der Waals surface area contributed by atoms with Crippen molar-refractivity contribution in [1.82, 2.24) is 9.80 Å². The van der Waals surface area contributed by atoms with Crippen LogP contribution in [0.5, 0.6) is 17.2 Å². The molecule has 1 atom stereocenters. The number of amides is 1. The van der Waals surface area contributed by atoms with Crippen LogP contribution in [0.2, 0.25) is 0 Å². The maximum Gasteiger partial charge on any atom is 0.295 e. The van der Waals surface area contributed by atoms with E-state index in [-0.39, 0.29) is 11.3 Å². The van der Waals surface area contributed by atoms with Gasteiger partial charge in [0.25, 0.3) is 11.7 Å². The largest absolute Gasteiger partial charge is 0.507 e. The number of benzene rings is 3. The summed E-state index contributed by atoms with van der Waals surface area (Å²) in [4.78, 5) is 30.8. The average Bonchev–Trinajstić information content (AvgIpc) is 3.27. The van der Waals surface area contributed by atoms with Gasteiger partial charge in [0.15, 0.2) is 11.5 Å². The Morgan fingerprint density at radius 2 is 1.71 bits per heavy atom. The van der Waals surface area contributed by atoms with E-state index in [1.54, 1.807) is 23.1 Å². The summed E-state index contributed by atoms with van der Waals surface area (Å²) in [6.07, 6.45) is 0.694. The molecule has 0 unspecified atom stereocenters. The number of likely N-dealkylation sites (tertiary alicyclic amines) is 1. The van der Waals surface area contributed by atoms with E-state index in [0.717, 1.165) is 25.2 Å². The van der Waals surface area contributed by atoms with Gasteiger partial charge >= 0.3 is 0 Å². The van der Waals surface area contributed by atoms with Gasteiger partial charge in [0, 0.05) is 12.1 Å². The van der Waals surface area contributed by atoms with Gasteiger partial charge in [-0.25, -0.2) is 0 Å². The van der Waals surface area contributed by atoms with Crippen LogP contribution in [0.3, 0.4) is 0 Å². The Kier molecular flexibility index (Phi) is 8.89. The molecule has 1 saturated heterocycles. The number of rotatable bonds is 11. The highest BCUT2D eigenvalue weighted by molar-refractivity contribution is 6.46. The van der Waals surface area contributed by atoms with Crippen LogP contribution in [-0.4, -0.2) is 66.0 Å². The summed E-state index contributed by atoms with van der Waals surface area (Å²) < 4.78 is 17.4. The van der Waals surface area contributed by atoms with Crippen molar-refractivity contribution >= 4 is 17.4 Å². The fraction of sp³-hybridized carbons (Fsp3) is 0.333. The molecule has 1 amide bonds. The molecule has 0 aliphatic carbocycles. The highest BCUT2D eigenvalue weighted by Gasteiger charge is 2.46. The molecule has 0 aromatic heterocycles. The Balaban J connectivity index is 1.50. The molecule has 8 nitrogen and oxygen atoms in total. The van der Waals surface area contributed by atoms with Crippen molar-refractivity contribution in [2.45, 2.75) is 32.9 Å². The Bertz CT molecular complexity index is 1420. The number of aliphatic hydroxyl groups excluding tert-OH is 1. The van der Waals surface area contributed by atoms with Crippen LogP contribution in [0.25, 0.3) is 5.76 Å². The van der Waals surface area contributed by atoms with Gasteiger partial charge in [0.2, 0.25) is 0 Å². The first-order valence-corrected chi connectivity index (χ1v) is 14.2. The highest BCUT2D eigenvalue weighted by atomic mass is 16.6. The number of ketones is 1. The molecule has 1 fully saturated rings. The molecule has 0 bridgehead atoms. The third-order valence-electron chi connectivity index (χ3n) is 7.55. The van der Waals surface area contributed by atoms with E-state index in [2.05, 4.69) is 18.7 Å². The third kappa shape index (κ3) is 6.23. The summed E-state index contributed by atoms with van der Waals surface area (Å²) in [6.45, 7) is 8.40. The second-order valence-corrected chi connectivity index (χ2v) is 10.1. The first-order valence-electron chi connectivity index (χ1n) is 14.2. The number of hydrogen-bond acceptors (Lipinski definition) is 7. The number of hydrogen-bond donors (Lipinski definition) is 1. The highest BCUT2D eigenvalue weighted by Crippen LogP contribution is 2.42. The van der Waals surface area contributed by atoms with Gasteiger partial charge in [-0.1, -0.05) is 56.3 Å². The Labute approximate surface area is 240 Å². The molecule has 0 radical (unpaired) electrons. The van der Waals surface area contributed by atoms with Crippen molar-refractivity contribution in [1.29, 1.82) is 0 Å². The zero-order chi connectivity index (χ0) is 28.8. The molecule has 2 aliphatic rings. The lowest BCUT2D eigenvalue weighted by molar-refractivity contribution is -0.140. The Hall–Kier alpha value is -4.30. The SMILES string of the molecule is CCN(CC)CCCN1C(=O)C(=O)/C(=C(/O)c2ccc3c(c2)OCCO3)[C@H]1c1cccc(OCc2ccccc2)c1. The molecule has 214 valence electrons. The molecule has 8 heteroatoms. The maximum atomic E-state index is 13.5. The minimum absolute atomic E-state index is 0.0507. The summed E-state index contributed by atoms with van der Waals surface area (Å²) in [7, 11) is 0. The van der Waals surface area contributed by atoms with Gasteiger partial charge in [0.1, 0.15) is 31.3 Å². The van der Waals surface area contributed by atoms with Crippen LogP contribution >= 0.6 is 0 Å². The summed E-state index contributed by atoms with van der Waals surface area (Å²) in [5, 5.41) is 11.5. The van der Waals surface area contributed by atoms with E-state index >= 15 is 0 Å². The van der Waals surface area contributed by atoms with E-state index in [1.165, 1.54) is 0 Å². The number of carbonyl (C=O) groups excluding carboxylic acids is 2.